The smallest absolute Gasteiger partial charge is 0.171 e. The van der Waals surface area contributed by atoms with Crippen LogP contribution in [0.25, 0.3) is 16.6 Å². The van der Waals surface area contributed by atoms with Gasteiger partial charge in [-0.1, -0.05) is 0 Å². The highest BCUT2D eigenvalue weighted by Crippen LogP contribution is 2.34. The first-order valence-corrected chi connectivity index (χ1v) is 10.8. The lowest BCUT2D eigenvalue weighted by atomic mass is 10.0. The number of benzene rings is 1. The van der Waals surface area contributed by atoms with E-state index in [-0.39, 0.29) is 36.1 Å². The maximum Gasteiger partial charge on any atom is 0.171 e. The molecule has 4 N–H and O–H groups in total. The van der Waals surface area contributed by atoms with E-state index in [1.54, 1.807) is 18.6 Å². The van der Waals surface area contributed by atoms with E-state index < -0.39 is 11.6 Å². The first-order valence-electron chi connectivity index (χ1n) is 10.8. The number of pyridine rings is 1. The largest absolute Gasteiger partial charge is 0.494 e. The van der Waals surface area contributed by atoms with Crippen molar-refractivity contribution < 1.29 is 23.4 Å². The van der Waals surface area contributed by atoms with Gasteiger partial charge in [0.05, 0.1) is 26.9 Å². The lowest BCUT2D eigenvalue weighted by Gasteiger charge is -2.39. The number of β-amino-alcohol motifs (C(OH)–C–C–N with tert-alkyl or cyclic N) is 1. The van der Waals surface area contributed by atoms with Crippen LogP contribution in [-0.2, 0) is 6.42 Å². The predicted molar refractivity (Wildman–Crippen MR) is 126 cm³/mol. The minimum absolute atomic E-state index is 0.0407. The summed E-state index contributed by atoms with van der Waals surface area (Å²) in [6, 6.07) is 3.27. The molecule has 0 saturated carbocycles. The maximum absolute atomic E-state index is 14.9. The second kappa shape index (κ2) is 10.2. The molecular formula is C24H27F2N5O3. The number of nitrogens with zero attached hydrogens (tertiary/aromatic N) is 2. The van der Waals surface area contributed by atoms with Gasteiger partial charge >= 0.3 is 0 Å². The van der Waals surface area contributed by atoms with Crippen molar-refractivity contribution in [2.45, 2.75) is 12.5 Å². The summed E-state index contributed by atoms with van der Waals surface area (Å²) in [4.78, 5) is 9.59. The average Bonchev–Trinajstić information content (AvgIpc) is 3.22. The lowest BCUT2D eigenvalue weighted by molar-refractivity contribution is 0.107. The fourth-order valence-electron chi connectivity index (χ4n) is 4.06. The number of nitrogens with one attached hydrogen (secondary N) is 3. The number of likely N-dealkylation sites (tertiary alicyclic amines) is 1. The Labute approximate surface area is 195 Å². The number of hydrogen-bond donors (Lipinski definition) is 4. The summed E-state index contributed by atoms with van der Waals surface area (Å²) in [6.45, 7) is 2.43. The van der Waals surface area contributed by atoms with Crippen molar-refractivity contribution in [3.63, 3.8) is 0 Å². The number of allylic oxidation sites excluding steroid dienone is 1. The topological polar surface area (TPSA) is 106 Å². The van der Waals surface area contributed by atoms with Gasteiger partial charge in [0.2, 0.25) is 0 Å². The van der Waals surface area contributed by atoms with Gasteiger partial charge in [-0.05, 0) is 11.6 Å². The van der Waals surface area contributed by atoms with E-state index in [9.17, 15) is 8.78 Å². The number of aromatic nitrogens is 2. The van der Waals surface area contributed by atoms with Crippen LogP contribution in [0.4, 0.5) is 8.78 Å². The molecule has 0 amide bonds. The number of H-pyrrole nitrogens is 1. The number of aliphatic hydroxyl groups is 1. The first-order chi connectivity index (χ1) is 16.5. The van der Waals surface area contributed by atoms with Crippen molar-refractivity contribution in [3.8, 4) is 11.5 Å². The van der Waals surface area contributed by atoms with Crippen LogP contribution in [0.5, 0.6) is 11.5 Å². The lowest BCUT2D eigenvalue weighted by Crippen LogP contribution is -2.57. The van der Waals surface area contributed by atoms with E-state index in [4.69, 9.17) is 20.0 Å². The van der Waals surface area contributed by atoms with E-state index >= 15 is 0 Å². The number of ether oxygens (including phenoxy) is 2. The van der Waals surface area contributed by atoms with Gasteiger partial charge in [0.15, 0.2) is 23.1 Å². The van der Waals surface area contributed by atoms with Crippen LogP contribution in [0.15, 0.2) is 30.7 Å². The minimum atomic E-state index is -0.778. The fraction of sp³-hybridized carbons (Fsp3) is 0.333. The fourth-order valence-corrected chi connectivity index (χ4v) is 4.06. The molecule has 3 heterocycles. The molecule has 1 fully saturated rings. The van der Waals surface area contributed by atoms with Crippen LogP contribution >= 0.6 is 0 Å². The minimum Gasteiger partial charge on any atom is -0.494 e. The zero-order valence-electron chi connectivity index (χ0n) is 19.0. The molecule has 4 rings (SSSR count). The second-order valence-corrected chi connectivity index (χ2v) is 8.09. The van der Waals surface area contributed by atoms with Gasteiger partial charge in [-0.15, -0.1) is 0 Å². The van der Waals surface area contributed by atoms with Crippen molar-refractivity contribution in [1.29, 1.82) is 5.41 Å². The molecule has 2 aromatic heterocycles. The van der Waals surface area contributed by atoms with Gasteiger partial charge in [0.1, 0.15) is 5.65 Å². The van der Waals surface area contributed by atoms with E-state index in [0.29, 0.717) is 34.3 Å². The van der Waals surface area contributed by atoms with Crippen LogP contribution in [-0.4, -0.2) is 72.7 Å². The first kappa shape index (κ1) is 23.7. The molecule has 3 aromatic rings. The Balaban J connectivity index is 1.61. The van der Waals surface area contributed by atoms with Gasteiger partial charge < -0.3 is 30.3 Å². The molecular weight excluding hydrogens is 444 g/mol. The highest BCUT2D eigenvalue weighted by molar-refractivity contribution is 6.09. The highest BCUT2D eigenvalue weighted by Gasteiger charge is 2.25. The van der Waals surface area contributed by atoms with Crippen molar-refractivity contribution in [2.75, 3.05) is 40.5 Å². The SMILES string of the molecule is COc1cc(OC)c(F)c(Cc2c[nH]c3ncc(/C(C=N)=C/NC4CN(CCO)C4)cc23)c1F. The van der Waals surface area contributed by atoms with Gasteiger partial charge in [-0.25, -0.2) is 13.8 Å². The summed E-state index contributed by atoms with van der Waals surface area (Å²) in [5, 5.41) is 20.8. The second-order valence-electron chi connectivity index (χ2n) is 8.09. The summed E-state index contributed by atoms with van der Waals surface area (Å²) in [5.41, 5.74) is 2.39. The number of halogens is 2. The van der Waals surface area contributed by atoms with E-state index in [1.807, 2.05) is 6.07 Å². The highest BCUT2D eigenvalue weighted by atomic mass is 19.1. The number of rotatable bonds is 10. The van der Waals surface area contributed by atoms with E-state index in [0.717, 1.165) is 13.1 Å². The number of aromatic amines is 1. The standard InChI is InChI=1S/C24H27F2N5O3/c1-33-20-7-21(34-2)23(26)19(22(20)25)6-15-10-30-24-18(15)5-14(9-29-24)16(8-27)11-28-17-12-31(13-17)3-4-32/h5,7-11,17,27-28,32H,3-4,6,12-13H2,1-2H3,(H,29,30)/b16-11+,27-8?. The van der Waals surface area contributed by atoms with Crippen LogP contribution in [0.1, 0.15) is 16.7 Å². The van der Waals surface area contributed by atoms with Gasteiger partial charge in [-0.2, -0.15) is 0 Å². The molecule has 180 valence electrons. The van der Waals surface area contributed by atoms with E-state index in [2.05, 4.69) is 20.2 Å². The Kier molecular flexibility index (Phi) is 7.09. The summed E-state index contributed by atoms with van der Waals surface area (Å²) in [6.07, 6.45) is 6.28. The molecule has 8 nitrogen and oxygen atoms in total. The van der Waals surface area contributed by atoms with Gasteiger partial charge in [0, 0.05) is 79.0 Å². The van der Waals surface area contributed by atoms with Crippen molar-refractivity contribution in [2.24, 2.45) is 0 Å². The predicted octanol–water partition coefficient (Wildman–Crippen LogP) is 2.71. The Morgan fingerprint density at radius 3 is 2.59 bits per heavy atom. The summed E-state index contributed by atoms with van der Waals surface area (Å²) in [5.74, 6) is -1.75. The monoisotopic (exact) mass is 471 g/mol. The molecule has 1 saturated heterocycles. The Morgan fingerprint density at radius 1 is 1.26 bits per heavy atom. The third-order valence-electron chi connectivity index (χ3n) is 5.99. The van der Waals surface area contributed by atoms with Crippen LogP contribution < -0.4 is 14.8 Å². The normalized spacial score (nSPS) is 14.8. The summed E-state index contributed by atoms with van der Waals surface area (Å²) >= 11 is 0. The third kappa shape index (κ3) is 4.59. The van der Waals surface area contributed by atoms with Gasteiger partial charge in [0.25, 0.3) is 0 Å². The Morgan fingerprint density at radius 2 is 1.97 bits per heavy atom. The quantitative estimate of drug-likeness (QED) is 0.339. The molecule has 10 heteroatoms. The van der Waals surface area contributed by atoms with Crippen molar-refractivity contribution in [3.05, 3.63) is 59.1 Å². The molecule has 0 bridgehead atoms. The van der Waals surface area contributed by atoms with Crippen LogP contribution in [0.2, 0.25) is 0 Å². The summed E-state index contributed by atoms with van der Waals surface area (Å²) < 4.78 is 39.8. The number of fused-ring (bicyclic) bond motifs is 1. The molecule has 1 aliphatic rings. The zero-order chi connectivity index (χ0) is 24.2. The molecule has 0 radical (unpaired) electrons. The average molecular weight is 472 g/mol. The molecule has 1 aliphatic heterocycles. The zero-order valence-corrected chi connectivity index (χ0v) is 19.0. The number of aliphatic hydroxyl groups excluding tert-OH is 1. The molecule has 0 unspecified atom stereocenters. The molecule has 0 atom stereocenters. The molecule has 0 aliphatic carbocycles. The third-order valence-corrected chi connectivity index (χ3v) is 5.99. The Bertz CT molecular complexity index is 1190. The van der Waals surface area contributed by atoms with Crippen molar-refractivity contribution >= 4 is 22.8 Å². The van der Waals surface area contributed by atoms with Crippen LogP contribution in [0, 0.1) is 17.0 Å². The molecule has 0 spiro atoms. The van der Waals surface area contributed by atoms with Crippen LogP contribution in [0.3, 0.4) is 0 Å². The van der Waals surface area contributed by atoms with Gasteiger partial charge in [-0.3, -0.25) is 4.90 Å². The Hall–Kier alpha value is -3.50. The summed E-state index contributed by atoms with van der Waals surface area (Å²) in [7, 11) is 2.63. The number of methoxy groups -OCH3 is 2. The van der Waals surface area contributed by atoms with E-state index in [1.165, 1.54) is 26.5 Å². The van der Waals surface area contributed by atoms with Crippen molar-refractivity contribution in [1.82, 2.24) is 20.2 Å². The molecule has 1 aromatic carbocycles. The maximum atomic E-state index is 14.9. The number of hydrogen-bond acceptors (Lipinski definition) is 7. The molecule has 34 heavy (non-hydrogen) atoms.